The number of likely N-dealkylation sites (tertiary alicyclic amines) is 1. The van der Waals surface area contributed by atoms with Crippen molar-refractivity contribution in [3.05, 3.63) is 24.3 Å². The van der Waals surface area contributed by atoms with Gasteiger partial charge in [0.25, 0.3) is 0 Å². The van der Waals surface area contributed by atoms with Crippen LogP contribution in [0.15, 0.2) is 24.3 Å². The molecule has 1 aliphatic carbocycles. The van der Waals surface area contributed by atoms with Gasteiger partial charge < -0.3 is 24.5 Å². The molecule has 204 valence electrons. The number of nitrogens with zero attached hydrogens (tertiary/aromatic N) is 3. The second-order valence-corrected chi connectivity index (χ2v) is 11.5. The van der Waals surface area contributed by atoms with E-state index in [1.165, 1.54) is 6.42 Å². The zero-order valence-corrected chi connectivity index (χ0v) is 22.6. The normalized spacial score (nSPS) is 36.9. The molecule has 5 rings (SSSR count). The lowest BCUT2D eigenvalue weighted by Gasteiger charge is -2.42. The Bertz CT molecular complexity index is 971. The third kappa shape index (κ3) is 3.89. The highest BCUT2D eigenvalue weighted by molar-refractivity contribution is 6.00. The molecule has 0 bridgehead atoms. The quantitative estimate of drug-likeness (QED) is 0.529. The van der Waals surface area contributed by atoms with E-state index in [0.717, 1.165) is 32.1 Å². The predicted octanol–water partition coefficient (Wildman–Crippen LogP) is 2.66. The van der Waals surface area contributed by atoms with E-state index in [2.05, 4.69) is 0 Å². The minimum Gasteiger partial charge on any atom is -0.394 e. The molecule has 4 aliphatic heterocycles. The Morgan fingerprint density at radius 3 is 2.35 bits per heavy atom. The van der Waals surface area contributed by atoms with Gasteiger partial charge in [-0.15, -0.1) is 0 Å². The van der Waals surface area contributed by atoms with Crippen LogP contribution in [0.25, 0.3) is 0 Å². The van der Waals surface area contributed by atoms with Crippen molar-refractivity contribution in [2.75, 3.05) is 26.2 Å². The molecule has 3 amide bonds. The van der Waals surface area contributed by atoms with Crippen molar-refractivity contribution >= 4 is 17.7 Å². The smallest absolute Gasteiger partial charge is 0.249 e. The maximum atomic E-state index is 14.5. The van der Waals surface area contributed by atoms with Crippen molar-refractivity contribution in [1.82, 2.24) is 14.7 Å². The lowest BCUT2D eigenvalue weighted by Crippen LogP contribution is -2.60. The Kier molecular flexibility index (Phi) is 7.26. The number of amides is 3. The lowest BCUT2D eigenvalue weighted by atomic mass is 9.73. The van der Waals surface area contributed by atoms with Gasteiger partial charge in [-0.2, -0.15) is 0 Å². The van der Waals surface area contributed by atoms with Crippen LogP contribution in [0, 0.1) is 11.8 Å². The summed E-state index contributed by atoms with van der Waals surface area (Å²) in [5.41, 5.74) is -2.19. The van der Waals surface area contributed by atoms with Crippen LogP contribution >= 0.6 is 0 Å². The fourth-order valence-corrected chi connectivity index (χ4v) is 7.77. The highest BCUT2D eigenvalue weighted by Crippen LogP contribution is 2.59. The fraction of sp³-hybridized carbons (Fsp3) is 0.759. The van der Waals surface area contributed by atoms with E-state index in [9.17, 15) is 19.5 Å². The molecule has 0 aromatic carbocycles. The maximum absolute atomic E-state index is 14.5. The SMILES string of the molecule is CCCN1CC=C[C@@]2(CC)O[C@]34C=CCN(C5CCCCC5)C(=O)C3N([C@@H](CC)CO)C(=O)[C@@H]4[C@H]2C1=O. The molecule has 3 fully saturated rings. The van der Waals surface area contributed by atoms with Crippen molar-refractivity contribution in [2.45, 2.75) is 101 Å². The van der Waals surface area contributed by atoms with E-state index in [0.29, 0.717) is 32.5 Å². The Morgan fingerprint density at radius 1 is 0.973 bits per heavy atom. The molecule has 6 atom stereocenters. The predicted molar refractivity (Wildman–Crippen MR) is 139 cm³/mol. The number of carbonyl (C=O) groups excluding carboxylic acids is 3. The van der Waals surface area contributed by atoms with Crippen molar-refractivity contribution < 1.29 is 24.2 Å². The van der Waals surface area contributed by atoms with Crippen LogP contribution in [0.1, 0.15) is 72.1 Å². The average Bonchev–Trinajstić information content (AvgIpc) is 3.21. The number of carbonyl (C=O) groups is 3. The first-order valence-electron chi connectivity index (χ1n) is 14.5. The molecule has 1 unspecified atom stereocenters. The highest BCUT2D eigenvalue weighted by Gasteiger charge is 2.75. The van der Waals surface area contributed by atoms with Crippen molar-refractivity contribution in [3.63, 3.8) is 0 Å². The molecule has 0 aromatic rings. The molecule has 8 nitrogen and oxygen atoms in total. The number of aliphatic hydroxyl groups is 1. The second-order valence-electron chi connectivity index (χ2n) is 11.5. The zero-order valence-electron chi connectivity index (χ0n) is 22.6. The highest BCUT2D eigenvalue weighted by atomic mass is 16.5. The summed E-state index contributed by atoms with van der Waals surface area (Å²) in [5.74, 6) is -1.94. The number of ether oxygens (including phenoxy) is 1. The van der Waals surface area contributed by atoms with Gasteiger partial charge in [0.15, 0.2) is 0 Å². The van der Waals surface area contributed by atoms with Gasteiger partial charge in [-0.25, -0.2) is 0 Å². The van der Waals surface area contributed by atoms with Crippen LogP contribution in [0.5, 0.6) is 0 Å². The van der Waals surface area contributed by atoms with Gasteiger partial charge in [0.1, 0.15) is 11.6 Å². The first kappa shape index (κ1) is 26.4. The minimum absolute atomic E-state index is 0.0733. The standard InChI is InChI=1S/C29H43N3O5/c1-4-16-30-17-10-14-28(6-3)22(25(30)34)23-26(35)32(20(5-2)19-33)24-27(36)31(21-12-8-7-9-13-21)18-11-15-29(23,24)37-28/h10-11,14-15,20-24,33H,4-9,12-13,16-19H2,1-3H3/t20-,22-,23-,24?,28+,29-/m0/s1. The Morgan fingerprint density at radius 2 is 1.70 bits per heavy atom. The van der Waals surface area contributed by atoms with Gasteiger partial charge in [0.2, 0.25) is 17.7 Å². The lowest BCUT2D eigenvalue weighted by molar-refractivity contribution is -0.158. The molecule has 1 saturated carbocycles. The molecule has 0 radical (unpaired) electrons. The van der Waals surface area contributed by atoms with E-state index in [4.69, 9.17) is 4.74 Å². The number of hydrogen-bond acceptors (Lipinski definition) is 5. The van der Waals surface area contributed by atoms with E-state index in [1.807, 2.05) is 54.9 Å². The van der Waals surface area contributed by atoms with Crippen LogP contribution in [0.4, 0.5) is 0 Å². The third-order valence-electron chi connectivity index (χ3n) is 9.58. The number of fused-ring (bicyclic) bond motifs is 2. The van der Waals surface area contributed by atoms with E-state index < -0.39 is 35.1 Å². The molecular weight excluding hydrogens is 470 g/mol. The molecule has 8 heteroatoms. The summed E-state index contributed by atoms with van der Waals surface area (Å²) in [4.78, 5) is 48.4. The Balaban J connectivity index is 1.65. The molecule has 1 N–H and O–H groups in total. The number of rotatable bonds is 7. The summed E-state index contributed by atoms with van der Waals surface area (Å²) >= 11 is 0. The average molecular weight is 514 g/mol. The summed E-state index contributed by atoms with van der Waals surface area (Å²) in [7, 11) is 0. The van der Waals surface area contributed by atoms with Gasteiger partial charge in [0.05, 0.1) is 30.1 Å². The number of aliphatic hydroxyl groups excluding tert-OH is 1. The van der Waals surface area contributed by atoms with Crippen LogP contribution in [0.2, 0.25) is 0 Å². The Labute approximate surface area is 220 Å². The van der Waals surface area contributed by atoms with Crippen molar-refractivity contribution in [3.8, 4) is 0 Å². The van der Waals surface area contributed by atoms with Gasteiger partial charge >= 0.3 is 0 Å². The second kappa shape index (κ2) is 10.2. The van der Waals surface area contributed by atoms with Crippen LogP contribution < -0.4 is 0 Å². The van der Waals surface area contributed by atoms with Crippen molar-refractivity contribution in [2.24, 2.45) is 11.8 Å². The summed E-state index contributed by atoms with van der Waals surface area (Å²) in [6.45, 7) is 7.30. The molecular formula is C29H43N3O5. The molecule has 2 saturated heterocycles. The third-order valence-corrected chi connectivity index (χ3v) is 9.58. The molecule has 1 spiro atoms. The van der Waals surface area contributed by atoms with E-state index in [-0.39, 0.29) is 30.4 Å². The van der Waals surface area contributed by atoms with Gasteiger partial charge in [0, 0.05) is 25.7 Å². The first-order chi connectivity index (χ1) is 17.9. The summed E-state index contributed by atoms with van der Waals surface area (Å²) in [6.07, 6.45) is 15.1. The van der Waals surface area contributed by atoms with Crippen molar-refractivity contribution in [1.29, 1.82) is 0 Å². The first-order valence-corrected chi connectivity index (χ1v) is 14.5. The van der Waals surface area contributed by atoms with Crippen LogP contribution in [-0.4, -0.2) is 93.1 Å². The van der Waals surface area contributed by atoms with E-state index in [1.54, 1.807) is 4.90 Å². The van der Waals surface area contributed by atoms with Crippen LogP contribution in [0.3, 0.4) is 0 Å². The maximum Gasteiger partial charge on any atom is 0.249 e. The van der Waals surface area contributed by atoms with E-state index >= 15 is 0 Å². The Hall–Kier alpha value is -2.19. The monoisotopic (exact) mass is 513 g/mol. The number of hydrogen-bond donors (Lipinski definition) is 1. The molecule has 37 heavy (non-hydrogen) atoms. The summed E-state index contributed by atoms with van der Waals surface area (Å²) in [6, 6.07) is -1.26. The largest absolute Gasteiger partial charge is 0.394 e. The minimum atomic E-state index is -1.24. The van der Waals surface area contributed by atoms with Gasteiger partial charge in [-0.3, -0.25) is 14.4 Å². The molecule has 5 aliphatic rings. The fourth-order valence-electron chi connectivity index (χ4n) is 7.77. The van der Waals surface area contributed by atoms with Crippen LogP contribution in [-0.2, 0) is 19.1 Å². The zero-order chi connectivity index (χ0) is 26.4. The van der Waals surface area contributed by atoms with Gasteiger partial charge in [-0.1, -0.05) is 64.3 Å². The topological polar surface area (TPSA) is 90.4 Å². The summed E-state index contributed by atoms with van der Waals surface area (Å²) in [5, 5.41) is 10.3. The molecule has 4 heterocycles. The summed E-state index contributed by atoms with van der Waals surface area (Å²) < 4.78 is 7.01. The molecule has 0 aromatic heterocycles. The van der Waals surface area contributed by atoms with Gasteiger partial charge in [-0.05, 0) is 32.1 Å².